The zero-order valence-electron chi connectivity index (χ0n) is 27.5. The molecule has 2 rings (SSSR count). The largest absolute Gasteiger partial charge is 0.444 e. The van der Waals surface area contributed by atoms with Crippen LogP contribution in [0, 0.1) is 5.92 Å². The van der Waals surface area contributed by atoms with E-state index in [9.17, 15) is 14.4 Å². The summed E-state index contributed by atoms with van der Waals surface area (Å²) in [5, 5.41) is 6.01. The molecule has 0 radical (unpaired) electrons. The summed E-state index contributed by atoms with van der Waals surface area (Å²) < 4.78 is 5.57. The second-order valence-electron chi connectivity index (χ2n) is 12.9. The lowest BCUT2D eigenvalue weighted by Crippen LogP contribution is -2.56. The number of hydrogen-bond acceptors (Lipinski definition) is 4. The number of amides is 3. The molecule has 236 valence electrons. The maximum absolute atomic E-state index is 14.8. The second-order valence-corrected chi connectivity index (χ2v) is 12.9. The van der Waals surface area contributed by atoms with Gasteiger partial charge in [0.15, 0.2) is 0 Å². The summed E-state index contributed by atoms with van der Waals surface area (Å²) in [5.41, 5.74) is 1.70. The molecule has 4 atom stereocenters. The van der Waals surface area contributed by atoms with Crippen molar-refractivity contribution in [3.8, 4) is 0 Å². The van der Waals surface area contributed by atoms with Crippen LogP contribution in [0.1, 0.15) is 104 Å². The van der Waals surface area contributed by atoms with Gasteiger partial charge in [-0.05, 0) is 82.6 Å². The average molecular weight is 592 g/mol. The van der Waals surface area contributed by atoms with Crippen molar-refractivity contribution < 1.29 is 19.1 Å². The van der Waals surface area contributed by atoms with Crippen molar-refractivity contribution in [2.24, 2.45) is 5.92 Å². The monoisotopic (exact) mass is 591 g/mol. The van der Waals surface area contributed by atoms with Gasteiger partial charge in [0.2, 0.25) is 11.8 Å². The summed E-state index contributed by atoms with van der Waals surface area (Å²) in [4.78, 5) is 43.7. The predicted octanol–water partition coefficient (Wildman–Crippen LogP) is 7.46. The summed E-state index contributed by atoms with van der Waals surface area (Å²) in [6.45, 7) is 19.6. The standard InChI is InChI=1S/C36H53N3O4/c1-10-16-26(5)37-33(40)32(30-20-15-19-28(11-2)23-30)39(27(6)22-21-25(3)4)34(41)31(24-29-17-13-12-14-18-29)38-35(42)43-36(7,8)9/h11-15,17-20,23,25-27,31-32H,2,10,16,21-22,24H2,1,3-9H3,(H,37,40)(H,38,42). The molecule has 2 aromatic carbocycles. The van der Waals surface area contributed by atoms with E-state index in [-0.39, 0.29) is 30.3 Å². The van der Waals surface area contributed by atoms with E-state index in [0.29, 0.717) is 17.9 Å². The fourth-order valence-electron chi connectivity index (χ4n) is 5.11. The Morgan fingerprint density at radius 2 is 1.60 bits per heavy atom. The van der Waals surface area contributed by atoms with Gasteiger partial charge in [0.05, 0.1) is 0 Å². The Hall–Kier alpha value is -3.61. The van der Waals surface area contributed by atoms with Crippen molar-refractivity contribution in [3.05, 3.63) is 77.9 Å². The average Bonchev–Trinajstić information content (AvgIpc) is 2.93. The first-order valence-electron chi connectivity index (χ1n) is 15.6. The number of benzene rings is 2. The molecule has 7 heteroatoms. The number of nitrogens with one attached hydrogen (secondary N) is 2. The summed E-state index contributed by atoms with van der Waals surface area (Å²) in [5.74, 6) is -0.165. The summed E-state index contributed by atoms with van der Waals surface area (Å²) in [6.07, 6.45) is 4.62. The predicted molar refractivity (Wildman–Crippen MR) is 175 cm³/mol. The minimum absolute atomic E-state index is 0.0643. The van der Waals surface area contributed by atoms with Crippen LogP contribution in [0.5, 0.6) is 0 Å². The van der Waals surface area contributed by atoms with Gasteiger partial charge in [-0.3, -0.25) is 9.59 Å². The molecular formula is C36H53N3O4. The van der Waals surface area contributed by atoms with Crippen LogP contribution < -0.4 is 10.6 Å². The molecule has 2 N–H and O–H groups in total. The quantitative estimate of drug-likeness (QED) is 0.225. The third-order valence-corrected chi connectivity index (χ3v) is 7.26. The molecule has 0 fully saturated rings. The molecule has 4 unspecified atom stereocenters. The topological polar surface area (TPSA) is 87.7 Å². The van der Waals surface area contributed by atoms with E-state index < -0.39 is 23.8 Å². The highest BCUT2D eigenvalue weighted by molar-refractivity contribution is 5.92. The van der Waals surface area contributed by atoms with Gasteiger partial charge in [-0.25, -0.2) is 4.79 Å². The zero-order valence-corrected chi connectivity index (χ0v) is 27.5. The van der Waals surface area contributed by atoms with Crippen LogP contribution in [-0.4, -0.2) is 46.5 Å². The Bertz CT molecular complexity index is 1190. The molecule has 7 nitrogen and oxygen atoms in total. The van der Waals surface area contributed by atoms with Crippen molar-refractivity contribution in [2.75, 3.05) is 0 Å². The molecule has 0 heterocycles. The van der Waals surface area contributed by atoms with Gasteiger partial charge in [0.25, 0.3) is 0 Å². The normalized spacial score (nSPS) is 14.3. The molecule has 0 aliphatic carbocycles. The Morgan fingerprint density at radius 3 is 2.19 bits per heavy atom. The van der Waals surface area contributed by atoms with Crippen LogP contribution >= 0.6 is 0 Å². The number of carbonyl (C=O) groups is 3. The molecule has 0 bridgehead atoms. The maximum atomic E-state index is 14.8. The molecule has 43 heavy (non-hydrogen) atoms. The minimum atomic E-state index is -0.954. The van der Waals surface area contributed by atoms with Crippen LogP contribution in [0.15, 0.2) is 61.2 Å². The van der Waals surface area contributed by atoms with E-state index >= 15 is 0 Å². The molecule has 0 aliphatic rings. The van der Waals surface area contributed by atoms with Crippen LogP contribution in [0.3, 0.4) is 0 Å². The highest BCUT2D eigenvalue weighted by Crippen LogP contribution is 2.29. The Kier molecular flexibility index (Phi) is 14.0. The molecule has 0 spiro atoms. The van der Waals surface area contributed by atoms with E-state index in [4.69, 9.17) is 4.74 Å². The van der Waals surface area contributed by atoms with Gasteiger partial charge in [0.1, 0.15) is 17.7 Å². The minimum Gasteiger partial charge on any atom is -0.444 e. The van der Waals surface area contributed by atoms with E-state index in [1.54, 1.807) is 31.7 Å². The van der Waals surface area contributed by atoms with Crippen LogP contribution in [0.25, 0.3) is 6.08 Å². The maximum Gasteiger partial charge on any atom is 0.408 e. The van der Waals surface area contributed by atoms with Gasteiger partial charge < -0.3 is 20.3 Å². The van der Waals surface area contributed by atoms with Crippen LogP contribution in [-0.2, 0) is 20.7 Å². The van der Waals surface area contributed by atoms with E-state index in [0.717, 1.165) is 30.4 Å². The lowest BCUT2D eigenvalue weighted by molar-refractivity contribution is -0.145. The number of ether oxygens (including phenoxy) is 1. The highest BCUT2D eigenvalue weighted by atomic mass is 16.6. The van der Waals surface area contributed by atoms with Gasteiger partial charge in [-0.15, -0.1) is 0 Å². The fraction of sp³-hybridized carbons (Fsp3) is 0.528. The lowest BCUT2D eigenvalue weighted by Gasteiger charge is -2.39. The molecule has 2 aromatic rings. The SMILES string of the molecule is C=Cc1cccc(C(C(=O)NC(C)CCC)N(C(=O)C(Cc2ccccc2)NC(=O)OC(C)(C)C)C(C)CCC(C)C)c1. The number of hydrogen-bond donors (Lipinski definition) is 2. The van der Waals surface area contributed by atoms with Gasteiger partial charge >= 0.3 is 6.09 Å². The van der Waals surface area contributed by atoms with E-state index in [1.807, 2.05) is 68.4 Å². The van der Waals surface area contributed by atoms with E-state index in [2.05, 4.69) is 38.0 Å². The Labute approximate surface area is 259 Å². The first-order valence-corrected chi connectivity index (χ1v) is 15.6. The first kappa shape index (κ1) is 35.6. The van der Waals surface area contributed by atoms with Crippen LogP contribution in [0.4, 0.5) is 4.79 Å². The van der Waals surface area contributed by atoms with E-state index in [1.165, 1.54) is 0 Å². The highest BCUT2D eigenvalue weighted by Gasteiger charge is 2.39. The van der Waals surface area contributed by atoms with Gasteiger partial charge in [-0.2, -0.15) is 0 Å². The lowest BCUT2D eigenvalue weighted by atomic mass is 9.95. The second kappa shape index (κ2) is 16.9. The number of carbonyl (C=O) groups excluding carboxylic acids is 3. The number of alkyl carbamates (subject to hydrolysis) is 1. The Balaban J connectivity index is 2.68. The number of nitrogens with zero attached hydrogens (tertiary/aromatic N) is 1. The van der Waals surface area contributed by atoms with Crippen LogP contribution in [0.2, 0.25) is 0 Å². The zero-order chi connectivity index (χ0) is 32.2. The first-order chi connectivity index (χ1) is 20.2. The summed E-state index contributed by atoms with van der Waals surface area (Å²) in [6, 6.07) is 14.9. The Morgan fingerprint density at radius 1 is 0.930 bits per heavy atom. The molecule has 0 saturated heterocycles. The molecule has 0 aromatic heterocycles. The smallest absolute Gasteiger partial charge is 0.408 e. The molecule has 0 aliphatic heterocycles. The summed E-state index contributed by atoms with van der Waals surface area (Å²) in [7, 11) is 0. The van der Waals surface area contributed by atoms with Crippen molar-refractivity contribution in [1.29, 1.82) is 0 Å². The molecular weight excluding hydrogens is 538 g/mol. The third kappa shape index (κ3) is 11.9. The molecule has 3 amide bonds. The molecule has 0 saturated carbocycles. The van der Waals surface area contributed by atoms with Gasteiger partial charge in [-0.1, -0.05) is 88.4 Å². The van der Waals surface area contributed by atoms with Crippen molar-refractivity contribution in [1.82, 2.24) is 15.5 Å². The number of rotatable bonds is 15. The third-order valence-electron chi connectivity index (χ3n) is 7.26. The van der Waals surface area contributed by atoms with Crippen molar-refractivity contribution in [2.45, 2.75) is 117 Å². The fourth-order valence-corrected chi connectivity index (χ4v) is 5.11. The van der Waals surface area contributed by atoms with Crippen molar-refractivity contribution in [3.63, 3.8) is 0 Å². The van der Waals surface area contributed by atoms with Gasteiger partial charge in [0, 0.05) is 18.5 Å². The summed E-state index contributed by atoms with van der Waals surface area (Å²) >= 11 is 0. The van der Waals surface area contributed by atoms with Crippen molar-refractivity contribution >= 4 is 24.0 Å².